The van der Waals surface area contributed by atoms with Crippen LogP contribution in [0.1, 0.15) is 16.1 Å². The molecule has 0 N–H and O–H groups in total. The van der Waals surface area contributed by atoms with Crippen molar-refractivity contribution in [1.82, 2.24) is 9.38 Å². The average molecular weight is 205 g/mol. The molecule has 2 aromatic rings. The molecule has 0 saturated heterocycles. The van der Waals surface area contributed by atoms with Crippen molar-refractivity contribution in [3.63, 3.8) is 0 Å². The van der Waals surface area contributed by atoms with Crippen molar-refractivity contribution in [3.8, 4) is 0 Å². The van der Waals surface area contributed by atoms with Crippen molar-refractivity contribution >= 4 is 17.8 Å². The number of hydrogen-bond acceptors (Lipinski definition) is 4. The Morgan fingerprint density at radius 1 is 1.60 bits per heavy atom. The summed E-state index contributed by atoms with van der Waals surface area (Å²) in [6, 6.07) is 3.14. The van der Waals surface area contributed by atoms with E-state index in [1.165, 1.54) is 10.6 Å². The van der Waals surface area contributed by atoms with Gasteiger partial charge in [-0.05, 0) is 24.0 Å². The Labute approximate surface area is 84.3 Å². The molecule has 6 nitrogen and oxygen atoms in total. The van der Waals surface area contributed by atoms with Gasteiger partial charge in [0, 0.05) is 0 Å². The van der Waals surface area contributed by atoms with Gasteiger partial charge in [0.1, 0.15) is 5.69 Å². The summed E-state index contributed by atoms with van der Waals surface area (Å²) in [5, 5.41) is 10.8. The van der Waals surface area contributed by atoms with Gasteiger partial charge in [-0.2, -0.15) is 4.40 Å². The second-order valence-corrected chi connectivity index (χ2v) is 3.05. The zero-order chi connectivity index (χ0) is 11.0. The third kappa shape index (κ3) is 1.26. The number of aryl methyl sites for hydroxylation is 1. The summed E-state index contributed by atoms with van der Waals surface area (Å²) in [6.07, 6.45) is 2.14. The SMILES string of the molecule is Cc1nc2c(C=O)cccn2c1[N+](=O)[O-]. The third-order valence-corrected chi connectivity index (χ3v) is 2.12. The third-order valence-electron chi connectivity index (χ3n) is 2.12. The number of nitrogens with zero attached hydrogens (tertiary/aromatic N) is 3. The first-order valence-corrected chi connectivity index (χ1v) is 4.22. The number of imidazole rings is 1. The summed E-state index contributed by atoms with van der Waals surface area (Å²) in [4.78, 5) is 24.9. The lowest BCUT2D eigenvalue weighted by molar-refractivity contribution is -0.390. The van der Waals surface area contributed by atoms with Gasteiger partial charge in [0.15, 0.2) is 6.29 Å². The fourth-order valence-electron chi connectivity index (χ4n) is 1.50. The van der Waals surface area contributed by atoms with Gasteiger partial charge >= 0.3 is 5.82 Å². The number of carbonyl (C=O) groups is 1. The molecule has 0 radical (unpaired) electrons. The van der Waals surface area contributed by atoms with Crippen LogP contribution in [-0.4, -0.2) is 20.6 Å². The molecule has 0 bridgehead atoms. The van der Waals surface area contributed by atoms with Crippen LogP contribution in [-0.2, 0) is 0 Å². The van der Waals surface area contributed by atoms with Crippen LogP contribution in [0.2, 0.25) is 0 Å². The Morgan fingerprint density at radius 2 is 2.33 bits per heavy atom. The van der Waals surface area contributed by atoms with Crippen LogP contribution >= 0.6 is 0 Å². The minimum atomic E-state index is -0.510. The number of aldehydes is 1. The number of rotatable bonds is 2. The Morgan fingerprint density at radius 3 is 2.93 bits per heavy atom. The van der Waals surface area contributed by atoms with Crippen LogP contribution in [0.3, 0.4) is 0 Å². The van der Waals surface area contributed by atoms with Gasteiger partial charge in [-0.3, -0.25) is 4.79 Å². The Balaban J connectivity index is 2.90. The molecule has 2 aromatic heterocycles. The molecule has 0 aromatic carbocycles. The van der Waals surface area contributed by atoms with Crippen molar-refractivity contribution in [2.75, 3.05) is 0 Å². The average Bonchev–Trinajstić information content (AvgIpc) is 2.53. The highest BCUT2D eigenvalue weighted by Gasteiger charge is 2.20. The first-order chi connectivity index (χ1) is 7.15. The van der Waals surface area contributed by atoms with E-state index >= 15 is 0 Å². The largest absolute Gasteiger partial charge is 0.358 e. The summed E-state index contributed by atoms with van der Waals surface area (Å²) in [5.41, 5.74) is 0.958. The first kappa shape index (κ1) is 9.32. The van der Waals surface area contributed by atoms with Gasteiger partial charge in [0.05, 0.1) is 11.8 Å². The fraction of sp³-hybridized carbons (Fsp3) is 0.111. The smallest absolute Gasteiger partial charge is 0.350 e. The molecule has 0 aliphatic heterocycles. The van der Waals surface area contributed by atoms with E-state index in [1.54, 1.807) is 19.1 Å². The lowest BCUT2D eigenvalue weighted by Gasteiger charge is -1.94. The minimum absolute atomic E-state index is 0.103. The maximum Gasteiger partial charge on any atom is 0.350 e. The molecule has 0 spiro atoms. The number of pyridine rings is 1. The monoisotopic (exact) mass is 205 g/mol. The molecule has 2 rings (SSSR count). The molecule has 0 saturated carbocycles. The molecule has 0 aliphatic carbocycles. The van der Waals surface area contributed by atoms with Crippen LogP contribution in [0.4, 0.5) is 5.82 Å². The Bertz CT molecular complexity index is 559. The second-order valence-electron chi connectivity index (χ2n) is 3.05. The van der Waals surface area contributed by atoms with E-state index in [0.717, 1.165) is 0 Å². The molecular formula is C9H7N3O3. The van der Waals surface area contributed by atoms with Crippen LogP contribution in [0.15, 0.2) is 18.3 Å². The lowest BCUT2D eigenvalue weighted by Crippen LogP contribution is -1.96. The number of nitro groups is 1. The predicted octanol–water partition coefficient (Wildman–Crippen LogP) is 1.36. The quantitative estimate of drug-likeness (QED) is 0.421. The van der Waals surface area contributed by atoms with Crippen molar-refractivity contribution in [1.29, 1.82) is 0 Å². The van der Waals surface area contributed by atoms with Gasteiger partial charge in [0.25, 0.3) is 0 Å². The van der Waals surface area contributed by atoms with Gasteiger partial charge in [-0.1, -0.05) is 0 Å². The molecule has 0 aliphatic rings. The van der Waals surface area contributed by atoms with Gasteiger partial charge in [-0.15, -0.1) is 0 Å². The molecule has 0 amide bonds. The number of aromatic nitrogens is 2. The molecular weight excluding hydrogens is 198 g/mol. The van der Waals surface area contributed by atoms with Gasteiger partial charge in [0.2, 0.25) is 5.65 Å². The lowest BCUT2D eigenvalue weighted by atomic mass is 10.3. The summed E-state index contributed by atoms with van der Waals surface area (Å²) in [7, 11) is 0. The molecule has 0 atom stereocenters. The van der Waals surface area contributed by atoms with E-state index in [0.29, 0.717) is 23.2 Å². The zero-order valence-corrected chi connectivity index (χ0v) is 7.88. The standard InChI is InChI=1S/C9H7N3O3/c1-6-9(12(14)15)11-4-2-3-7(5-13)8(11)10-6/h2-5H,1H3. The number of fused-ring (bicyclic) bond motifs is 1. The van der Waals surface area contributed by atoms with E-state index in [1.807, 2.05) is 0 Å². The van der Waals surface area contributed by atoms with E-state index in [2.05, 4.69) is 4.98 Å². The fourth-order valence-corrected chi connectivity index (χ4v) is 1.50. The molecule has 76 valence electrons. The highest BCUT2D eigenvalue weighted by molar-refractivity contribution is 5.84. The second kappa shape index (κ2) is 3.16. The van der Waals surface area contributed by atoms with Crippen molar-refractivity contribution < 1.29 is 9.72 Å². The van der Waals surface area contributed by atoms with Crippen LogP contribution in [0, 0.1) is 17.0 Å². The predicted molar refractivity (Wildman–Crippen MR) is 52.0 cm³/mol. The zero-order valence-electron chi connectivity index (χ0n) is 7.88. The molecule has 2 heterocycles. The Hall–Kier alpha value is -2.24. The summed E-state index contributed by atoms with van der Waals surface area (Å²) >= 11 is 0. The molecule has 15 heavy (non-hydrogen) atoms. The van der Waals surface area contributed by atoms with Crippen molar-refractivity contribution in [2.24, 2.45) is 0 Å². The summed E-state index contributed by atoms with van der Waals surface area (Å²) in [5.74, 6) is -0.103. The van der Waals surface area contributed by atoms with E-state index in [-0.39, 0.29) is 5.82 Å². The summed E-state index contributed by atoms with van der Waals surface area (Å²) < 4.78 is 1.30. The minimum Gasteiger partial charge on any atom is -0.358 e. The van der Waals surface area contributed by atoms with Gasteiger partial charge < -0.3 is 10.1 Å². The van der Waals surface area contributed by atoms with Gasteiger partial charge in [-0.25, -0.2) is 4.98 Å². The highest BCUT2D eigenvalue weighted by atomic mass is 16.6. The Kier molecular flexibility index (Phi) is 1.96. The number of hydrogen-bond donors (Lipinski definition) is 0. The summed E-state index contributed by atoms with van der Waals surface area (Å²) in [6.45, 7) is 1.54. The molecule has 6 heteroatoms. The van der Waals surface area contributed by atoms with Crippen LogP contribution in [0.25, 0.3) is 5.65 Å². The van der Waals surface area contributed by atoms with Crippen LogP contribution in [0.5, 0.6) is 0 Å². The van der Waals surface area contributed by atoms with E-state index in [9.17, 15) is 14.9 Å². The topological polar surface area (TPSA) is 77.5 Å². The van der Waals surface area contributed by atoms with Crippen molar-refractivity contribution in [3.05, 3.63) is 39.7 Å². The number of carbonyl (C=O) groups excluding carboxylic acids is 1. The van der Waals surface area contributed by atoms with E-state index < -0.39 is 4.92 Å². The maximum atomic E-state index is 10.8. The highest BCUT2D eigenvalue weighted by Crippen LogP contribution is 2.20. The van der Waals surface area contributed by atoms with Crippen molar-refractivity contribution in [2.45, 2.75) is 6.92 Å². The normalized spacial score (nSPS) is 10.5. The van der Waals surface area contributed by atoms with E-state index in [4.69, 9.17) is 0 Å². The maximum absolute atomic E-state index is 10.8. The molecule has 0 unspecified atom stereocenters. The van der Waals surface area contributed by atoms with Crippen LogP contribution < -0.4 is 0 Å². The first-order valence-electron chi connectivity index (χ1n) is 4.22. The molecule has 0 fully saturated rings.